The maximum atomic E-state index is 14.0. The monoisotopic (exact) mass is 409 g/mol. The minimum Gasteiger partial charge on any atom is -0.493 e. The molecule has 142 valence electrons. The Bertz CT molecular complexity index is 893. The van der Waals surface area contributed by atoms with Crippen LogP contribution in [0.3, 0.4) is 0 Å². The number of halogens is 4. The van der Waals surface area contributed by atoms with Gasteiger partial charge in [-0.1, -0.05) is 23.7 Å². The van der Waals surface area contributed by atoms with Gasteiger partial charge < -0.3 is 9.47 Å². The van der Waals surface area contributed by atoms with Crippen molar-refractivity contribution < 1.29 is 31.1 Å². The van der Waals surface area contributed by atoms with Crippen molar-refractivity contribution in [3.63, 3.8) is 0 Å². The van der Waals surface area contributed by atoms with Crippen LogP contribution in [0.4, 0.5) is 13.2 Å². The van der Waals surface area contributed by atoms with Crippen LogP contribution in [-0.4, -0.2) is 33.5 Å². The van der Waals surface area contributed by atoms with Crippen LogP contribution in [0.1, 0.15) is 5.56 Å². The summed E-state index contributed by atoms with van der Waals surface area (Å²) in [6.45, 7) is -3.28. The van der Waals surface area contributed by atoms with Gasteiger partial charge in [-0.05, 0) is 29.8 Å². The number of nitrogens with zero attached hydrogens (tertiary/aromatic N) is 1. The molecule has 0 saturated heterocycles. The largest absolute Gasteiger partial charge is 0.493 e. The molecule has 0 saturated carbocycles. The first-order chi connectivity index (χ1) is 12.2. The second-order valence-corrected chi connectivity index (χ2v) is 7.60. The standard InChI is InChI=1S/C16H15ClF3NO4S/c1-21(26(22,23)14-5-3-4-11(17)15(14)18)9-10-6-7-12(24-2)13(8-10)25-16(19)20/h3-8,16H,9H2,1-2H3. The highest BCUT2D eigenvalue weighted by Gasteiger charge is 2.26. The molecule has 0 aliphatic carbocycles. The molecule has 0 aliphatic heterocycles. The molecule has 2 rings (SSSR count). The normalized spacial score (nSPS) is 11.8. The zero-order valence-electron chi connectivity index (χ0n) is 13.7. The Kier molecular flexibility index (Phi) is 6.38. The predicted molar refractivity (Wildman–Crippen MR) is 89.7 cm³/mol. The summed E-state index contributed by atoms with van der Waals surface area (Å²) < 4.78 is 74.3. The summed E-state index contributed by atoms with van der Waals surface area (Å²) in [5.41, 5.74) is 0.343. The average Bonchev–Trinajstić information content (AvgIpc) is 2.57. The smallest absolute Gasteiger partial charge is 0.387 e. The average molecular weight is 410 g/mol. The number of rotatable bonds is 7. The first kappa shape index (κ1) is 20.3. The van der Waals surface area contributed by atoms with E-state index in [1.807, 2.05) is 0 Å². The van der Waals surface area contributed by atoms with Crippen molar-refractivity contribution in [2.75, 3.05) is 14.2 Å². The van der Waals surface area contributed by atoms with E-state index in [0.717, 1.165) is 10.4 Å². The molecule has 0 aromatic heterocycles. The van der Waals surface area contributed by atoms with Crippen LogP contribution in [0.15, 0.2) is 41.3 Å². The molecule has 26 heavy (non-hydrogen) atoms. The molecule has 2 aromatic carbocycles. The highest BCUT2D eigenvalue weighted by atomic mass is 35.5. The van der Waals surface area contributed by atoms with Crippen LogP contribution in [0, 0.1) is 5.82 Å². The summed E-state index contributed by atoms with van der Waals surface area (Å²) in [6, 6.07) is 7.71. The predicted octanol–water partition coefficient (Wildman–Crippen LogP) is 3.91. The zero-order chi connectivity index (χ0) is 19.5. The van der Waals surface area contributed by atoms with Gasteiger partial charge >= 0.3 is 6.61 Å². The van der Waals surface area contributed by atoms with Gasteiger partial charge in [0.2, 0.25) is 10.0 Å². The lowest BCUT2D eigenvalue weighted by Crippen LogP contribution is -2.27. The quantitative estimate of drug-likeness (QED) is 0.695. The lowest BCUT2D eigenvalue weighted by molar-refractivity contribution is -0.0512. The number of alkyl halides is 2. The van der Waals surface area contributed by atoms with Gasteiger partial charge in [0.05, 0.1) is 12.1 Å². The molecular weight excluding hydrogens is 395 g/mol. The summed E-state index contributed by atoms with van der Waals surface area (Å²) in [5.74, 6) is -1.22. The first-order valence-corrected chi connectivity index (χ1v) is 9.00. The molecule has 10 heteroatoms. The number of ether oxygens (including phenoxy) is 2. The summed E-state index contributed by atoms with van der Waals surface area (Å²) >= 11 is 5.63. The molecule has 0 bridgehead atoms. The fourth-order valence-corrected chi connectivity index (χ4v) is 3.67. The van der Waals surface area contributed by atoms with E-state index >= 15 is 0 Å². The van der Waals surface area contributed by atoms with Crippen molar-refractivity contribution >= 4 is 21.6 Å². The third-order valence-corrected chi connectivity index (χ3v) is 5.57. The molecule has 0 amide bonds. The number of hydrogen-bond donors (Lipinski definition) is 0. The van der Waals surface area contributed by atoms with Gasteiger partial charge in [0, 0.05) is 13.6 Å². The maximum Gasteiger partial charge on any atom is 0.387 e. The van der Waals surface area contributed by atoms with E-state index in [1.54, 1.807) is 0 Å². The van der Waals surface area contributed by atoms with Crippen LogP contribution in [0.2, 0.25) is 5.02 Å². The second kappa shape index (κ2) is 8.15. The molecule has 0 aliphatic rings. The van der Waals surface area contributed by atoms with Gasteiger partial charge in [0.1, 0.15) is 4.90 Å². The van der Waals surface area contributed by atoms with Crippen molar-refractivity contribution in [2.45, 2.75) is 18.1 Å². The fourth-order valence-electron chi connectivity index (χ4n) is 2.20. The number of sulfonamides is 1. The number of methoxy groups -OCH3 is 1. The summed E-state index contributed by atoms with van der Waals surface area (Å²) in [6.07, 6.45) is 0. The molecule has 0 N–H and O–H groups in total. The first-order valence-electron chi connectivity index (χ1n) is 7.19. The highest BCUT2D eigenvalue weighted by Crippen LogP contribution is 2.31. The SMILES string of the molecule is COc1ccc(CN(C)S(=O)(=O)c2cccc(Cl)c2F)cc1OC(F)F. The molecule has 0 spiro atoms. The van der Waals surface area contributed by atoms with Gasteiger partial charge in [0.25, 0.3) is 0 Å². The topological polar surface area (TPSA) is 55.8 Å². The minimum absolute atomic E-state index is 0.0699. The van der Waals surface area contributed by atoms with Crippen molar-refractivity contribution in [2.24, 2.45) is 0 Å². The molecule has 0 heterocycles. The van der Waals surface area contributed by atoms with Gasteiger partial charge in [0.15, 0.2) is 17.3 Å². The third-order valence-electron chi connectivity index (χ3n) is 3.45. The van der Waals surface area contributed by atoms with E-state index in [1.165, 1.54) is 44.5 Å². The Morgan fingerprint density at radius 3 is 2.50 bits per heavy atom. The zero-order valence-corrected chi connectivity index (χ0v) is 15.3. The van der Waals surface area contributed by atoms with E-state index in [-0.39, 0.29) is 23.1 Å². The molecule has 2 aromatic rings. The van der Waals surface area contributed by atoms with Crippen LogP contribution < -0.4 is 9.47 Å². The van der Waals surface area contributed by atoms with Crippen LogP contribution >= 0.6 is 11.6 Å². The number of hydrogen-bond acceptors (Lipinski definition) is 4. The van der Waals surface area contributed by atoms with Crippen molar-refractivity contribution in [1.29, 1.82) is 0 Å². The van der Waals surface area contributed by atoms with Gasteiger partial charge in [-0.2, -0.15) is 13.1 Å². The molecule has 0 radical (unpaired) electrons. The van der Waals surface area contributed by atoms with E-state index in [0.29, 0.717) is 5.56 Å². The van der Waals surface area contributed by atoms with Gasteiger partial charge in [-0.15, -0.1) is 0 Å². The lowest BCUT2D eigenvalue weighted by atomic mass is 10.2. The highest BCUT2D eigenvalue weighted by molar-refractivity contribution is 7.89. The molecule has 0 atom stereocenters. The lowest BCUT2D eigenvalue weighted by Gasteiger charge is -2.19. The van der Waals surface area contributed by atoms with Crippen molar-refractivity contribution in [3.05, 3.63) is 52.8 Å². The van der Waals surface area contributed by atoms with Crippen LogP contribution in [0.5, 0.6) is 11.5 Å². The Hall–Kier alpha value is -1.97. The van der Waals surface area contributed by atoms with Crippen molar-refractivity contribution in [3.8, 4) is 11.5 Å². The van der Waals surface area contributed by atoms with Crippen molar-refractivity contribution in [1.82, 2.24) is 4.31 Å². The summed E-state index contributed by atoms with van der Waals surface area (Å²) in [7, 11) is -1.67. The van der Waals surface area contributed by atoms with Gasteiger partial charge in [-0.25, -0.2) is 12.8 Å². The summed E-state index contributed by atoms with van der Waals surface area (Å²) in [4.78, 5) is -0.579. The summed E-state index contributed by atoms with van der Waals surface area (Å²) in [5, 5.41) is -0.323. The van der Waals surface area contributed by atoms with Crippen LogP contribution in [0.25, 0.3) is 0 Å². The van der Waals surface area contributed by atoms with Crippen LogP contribution in [-0.2, 0) is 16.6 Å². The Morgan fingerprint density at radius 1 is 1.19 bits per heavy atom. The van der Waals surface area contributed by atoms with E-state index in [4.69, 9.17) is 16.3 Å². The van der Waals surface area contributed by atoms with E-state index < -0.39 is 27.3 Å². The number of benzene rings is 2. The minimum atomic E-state index is -4.19. The Balaban J connectivity index is 2.31. The second-order valence-electron chi connectivity index (χ2n) is 5.18. The third kappa shape index (κ3) is 4.40. The molecule has 5 nitrogen and oxygen atoms in total. The maximum absolute atomic E-state index is 14.0. The van der Waals surface area contributed by atoms with Gasteiger partial charge in [-0.3, -0.25) is 0 Å². The van der Waals surface area contributed by atoms with E-state index in [2.05, 4.69) is 4.74 Å². The molecule has 0 unspecified atom stereocenters. The fraction of sp³-hybridized carbons (Fsp3) is 0.250. The molecular formula is C16H15ClF3NO4S. The van der Waals surface area contributed by atoms with E-state index in [9.17, 15) is 21.6 Å². The Morgan fingerprint density at radius 2 is 1.88 bits per heavy atom. The Labute approximate surface area is 153 Å². The molecule has 0 fully saturated rings.